The van der Waals surface area contributed by atoms with E-state index in [4.69, 9.17) is 5.84 Å². The molecule has 0 saturated carbocycles. The first-order valence-electron chi connectivity index (χ1n) is 4.96. The summed E-state index contributed by atoms with van der Waals surface area (Å²) in [6.07, 6.45) is 1.75. The Morgan fingerprint density at radius 2 is 2.38 bits per heavy atom. The monoisotopic (exact) mass is 234 g/mol. The molecule has 16 heavy (non-hydrogen) atoms. The van der Waals surface area contributed by atoms with E-state index in [1.54, 1.807) is 17.5 Å². The quantitative estimate of drug-likeness (QED) is 0.628. The van der Waals surface area contributed by atoms with Crippen molar-refractivity contribution in [3.8, 4) is 0 Å². The maximum absolute atomic E-state index is 5.33. The van der Waals surface area contributed by atoms with Crippen LogP contribution in [-0.4, -0.2) is 12.0 Å². The van der Waals surface area contributed by atoms with Gasteiger partial charge in [-0.3, -0.25) is 0 Å². The molecule has 2 aromatic heterocycles. The number of anilines is 2. The second-order valence-corrected chi connectivity index (χ2v) is 4.51. The van der Waals surface area contributed by atoms with Gasteiger partial charge in [-0.25, -0.2) is 10.8 Å². The van der Waals surface area contributed by atoms with Crippen molar-refractivity contribution in [2.45, 2.75) is 6.54 Å². The molecule has 2 aromatic rings. The van der Waals surface area contributed by atoms with Crippen molar-refractivity contribution in [3.63, 3.8) is 0 Å². The second-order valence-electron chi connectivity index (χ2n) is 3.48. The van der Waals surface area contributed by atoms with E-state index in [0.717, 1.165) is 12.2 Å². The number of thiophene rings is 1. The molecule has 5 heteroatoms. The SMILES string of the molecule is CN(Cc1cccs1)c1ccnc(NN)c1. The molecule has 0 spiro atoms. The number of nitrogens with one attached hydrogen (secondary N) is 1. The molecule has 84 valence electrons. The molecular formula is C11H14N4S. The first kappa shape index (κ1) is 10.9. The van der Waals surface area contributed by atoms with E-state index in [2.05, 4.69) is 39.9 Å². The number of hydrogen-bond acceptors (Lipinski definition) is 5. The van der Waals surface area contributed by atoms with Gasteiger partial charge in [0.05, 0.1) is 6.54 Å². The normalized spacial score (nSPS) is 10.1. The number of pyridine rings is 1. The van der Waals surface area contributed by atoms with Crippen LogP contribution in [0.15, 0.2) is 35.8 Å². The zero-order chi connectivity index (χ0) is 11.4. The summed E-state index contributed by atoms with van der Waals surface area (Å²) in [5, 5.41) is 2.09. The van der Waals surface area contributed by atoms with Gasteiger partial charge in [-0.05, 0) is 17.5 Å². The van der Waals surface area contributed by atoms with E-state index < -0.39 is 0 Å². The van der Waals surface area contributed by atoms with E-state index >= 15 is 0 Å². The Bertz CT molecular complexity index is 441. The highest BCUT2D eigenvalue weighted by Crippen LogP contribution is 2.19. The van der Waals surface area contributed by atoms with Gasteiger partial charge < -0.3 is 10.3 Å². The standard InChI is InChI=1S/C11H14N4S/c1-15(8-10-3-2-6-16-10)9-4-5-13-11(7-9)14-12/h2-7H,8,12H2,1H3,(H,13,14). The Morgan fingerprint density at radius 1 is 1.50 bits per heavy atom. The Balaban J connectivity index is 2.11. The molecule has 0 bridgehead atoms. The van der Waals surface area contributed by atoms with E-state index in [0.29, 0.717) is 5.82 Å². The molecule has 0 amide bonds. The Hall–Kier alpha value is -1.59. The van der Waals surface area contributed by atoms with Gasteiger partial charge in [-0.2, -0.15) is 0 Å². The number of nitrogens with zero attached hydrogens (tertiary/aromatic N) is 2. The first-order chi connectivity index (χ1) is 7.79. The average Bonchev–Trinajstić information content (AvgIpc) is 2.82. The molecule has 0 saturated heterocycles. The van der Waals surface area contributed by atoms with Crippen LogP contribution in [0, 0.1) is 0 Å². The largest absolute Gasteiger partial charge is 0.369 e. The van der Waals surface area contributed by atoms with Crippen molar-refractivity contribution in [1.29, 1.82) is 0 Å². The van der Waals surface area contributed by atoms with Gasteiger partial charge in [-0.15, -0.1) is 11.3 Å². The van der Waals surface area contributed by atoms with Gasteiger partial charge in [-0.1, -0.05) is 6.07 Å². The number of nitrogen functional groups attached to an aromatic ring is 1. The van der Waals surface area contributed by atoms with Crippen molar-refractivity contribution >= 4 is 22.8 Å². The minimum Gasteiger partial charge on any atom is -0.369 e. The van der Waals surface area contributed by atoms with Crippen LogP contribution >= 0.6 is 11.3 Å². The highest BCUT2D eigenvalue weighted by molar-refractivity contribution is 7.09. The van der Waals surface area contributed by atoms with Crippen LogP contribution in [0.1, 0.15) is 4.88 Å². The van der Waals surface area contributed by atoms with Gasteiger partial charge in [0, 0.05) is 29.9 Å². The van der Waals surface area contributed by atoms with E-state index in [-0.39, 0.29) is 0 Å². The molecule has 2 heterocycles. The number of rotatable bonds is 4. The summed E-state index contributed by atoms with van der Waals surface area (Å²) in [7, 11) is 2.05. The Labute approximate surface area is 98.7 Å². The second kappa shape index (κ2) is 4.96. The van der Waals surface area contributed by atoms with Crippen LogP contribution in [0.3, 0.4) is 0 Å². The lowest BCUT2D eigenvalue weighted by atomic mass is 10.3. The molecule has 0 atom stereocenters. The smallest absolute Gasteiger partial charge is 0.141 e. The molecule has 0 aliphatic heterocycles. The molecule has 0 aromatic carbocycles. The van der Waals surface area contributed by atoms with Gasteiger partial charge in [0.1, 0.15) is 5.82 Å². The van der Waals surface area contributed by atoms with Crippen LogP contribution in [0.2, 0.25) is 0 Å². The predicted molar refractivity (Wildman–Crippen MR) is 68.5 cm³/mol. The third-order valence-electron chi connectivity index (χ3n) is 2.31. The van der Waals surface area contributed by atoms with Crippen molar-refractivity contribution in [2.75, 3.05) is 17.4 Å². The summed E-state index contributed by atoms with van der Waals surface area (Å²) in [5.74, 6) is 6.00. The van der Waals surface area contributed by atoms with Crippen molar-refractivity contribution in [3.05, 3.63) is 40.7 Å². The van der Waals surface area contributed by atoms with Crippen LogP contribution in [0.4, 0.5) is 11.5 Å². The molecule has 0 unspecified atom stereocenters. The maximum atomic E-state index is 5.33. The van der Waals surface area contributed by atoms with Crippen LogP contribution < -0.4 is 16.2 Å². The molecule has 0 radical (unpaired) electrons. The Kier molecular flexibility index (Phi) is 3.38. The fraction of sp³-hybridized carbons (Fsp3) is 0.182. The summed E-state index contributed by atoms with van der Waals surface area (Å²) >= 11 is 1.76. The zero-order valence-electron chi connectivity index (χ0n) is 9.05. The van der Waals surface area contributed by atoms with Gasteiger partial charge in [0.2, 0.25) is 0 Å². The third-order valence-corrected chi connectivity index (χ3v) is 3.17. The third kappa shape index (κ3) is 2.50. The van der Waals surface area contributed by atoms with Crippen LogP contribution in [0.5, 0.6) is 0 Å². The maximum Gasteiger partial charge on any atom is 0.141 e. The molecule has 4 nitrogen and oxygen atoms in total. The molecule has 2 rings (SSSR count). The average molecular weight is 234 g/mol. The highest BCUT2D eigenvalue weighted by atomic mass is 32.1. The summed E-state index contributed by atoms with van der Waals surface area (Å²) < 4.78 is 0. The number of nitrogens with two attached hydrogens (primary N) is 1. The highest BCUT2D eigenvalue weighted by Gasteiger charge is 2.03. The summed E-state index contributed by atoms with van der Waals surface area (Å²) in [4.78, 5) is 7.57. The van der Waals surface area contributed by atoms with Gasteiger partial charge in [0.25, 0.3) is 0 Å². The van der Waals surface area contributed by atoms with Crippen molar-refractivity contribution < 1.29 is 0 Å². The number of aromatic nitrogens is 1. The lowest BCUT2D eigenvalue weighted by molar-refractivity contribution is 0.937. The van der Waals surface area contributed by atoms with Crippen molar-refractivity contribution in [2.24, 2.45) is 5.84 Å². The predicted octanol–water partition coefficient (Wildman–Crippen LogP) is 2.07. The lowest BCUT2D eigenvalue weighted by Gasteiger charge is -2.18. The number of hydrogen-bond donors (Lipinski definition) is 2. The molecular weight excluding hydrogens is 220 g/mol. The van der Waals surface area contributed by atoms with E-state index in [1.165, 1.54) is 4.88 Å². The topological polar surface area (TPSA) is 54.2 Å². The molecule has 3 N–H and O–H groups in total. The minimum absolute atomic E-state index is 0.676. The van der Waals surface area contributed by atoms with Crippen LogP contribution in [-0.2, 0) is 6.54 Å². The van der Waals surface area contributed by atoms with Crippen LogP contribution in [0.25, 0.3) is 0 Å². The minimum atomic E-state index is 0.676. The number of hydrazine groups is 1. The fourth-order valence-electron chi connectivity index (χ4n) is 1.46. The van der Waals surface area contributed by atoms with Gasteiger partial charge in [0.15, 0.2) is 0 Å². The van der Waals surface area contributed by atoms with E-state index in [1.807, 2.05) is 12.1 Å². The van der Waals surface area contributed by atoms with E-state index in [9.17, 15) is 0 Å². The lowest BCUT2D eigenvalue weighted by Crippen LogP contribution is -2.16. The molecule has 0 aliphatic carbocycles. The summed E-state index contributed by atoms with van der Waals surface area (Å²) in [6.45, 7) is 0.895. The Morgan fingerprint density at radius 3 is 3.06 bits per heavy atom. The molecule has 0 aliphatic rings. The zero-order valence-corrected chi connectivity index (χ0v) is 9.87. The fourth-order valence-corrected chi connectivity index (χ4v) is 2.22. The summed E-state index contributed by atoms with van der Waals surface area (Å²) in [6, 6.07) is 8.08. The first-order valence-corrected chi connectivity index (χ1v) is 5.84. The van der Waals surface area contributed by atoms with Crippen molar-refractivity contribution in [1.82, 2.24) is 4.98 Å². The molecule has 0 fully saturated rings. The van der Waals surface area contributed by atoms with Gasteiger partial charge >= 0.3 is 0 Å². The summed E-state index contributed by atoms with van der Waals surface area (Å²) in [5.41, 5.74) is 3.64.